The molecule has 0 spiro atoms. The molecule has 46 heavy (non-hydrogen) atoms. The number of hydrogen-bond donors (Lipinski definition) is 2. The molecular weight excluding hydrogens is 599 g/mol. The Hall–Kier alpha value is -4.51. The fraction of sp³-hybridized carbons (Fsp3) is 0.371. The Morgan fingerprint density at radius 2 is 1.61 bits per heavy atom. The minimum absolute atomic E-state index is 0.00425. The van der Waals surface area contributed by atoms with Crippen molar-refractivity contribution in [1.82, 2.24) is 9.88 Å². The zero-order valence-electron chi connectivity index (χ0n) is 26.2. The van der Waals surface area contributed by atoms with Crippen LogP contribution in [0.1, 0.15) is 48.7 Å². The first-order valence-corrected chi connectivity index (χ1v) is 15.1. The van der Waals surface area contributed by atoms with Crippen LogP contribution >= 0.6 is 0 Å². The maximum atomic E-state index is 12.8. The molecule has 0 radical (unpaired) electrons. The number of alkyl halides is 3. The van der Waals surface area contributed by atoms with Crippen LogP contribution in [0.15, 0.2) is 79.0 Å². The van der Waals surface area contributed by atoms with E-state index in [1.165, 1.54) is 6.07 Å². The number of ether oxygens (including phenoxy) is 3. The fourth-order valence-corrected chi connectivity index (χ4v) is 5.20. The van der Waals surface area contributed by atoms with Gasteiger partial charge in [-0.05, 0) is 75.1 Å². The number of benzene rings is 3. The molecule has 1 amide bonds. The van der Waals surface area contributed by atoms with Gasteiger partial charge in [-0.2, -0.15) is 13.2 Å². The molecule has 1 unspecified atom stereocenters. The lowest BCUT2D eigenvalue weighted by Crippen LogP contribution is -2.32. The third-order valence-corrected chi connectivity index (χ3v) is 7.60. The Bertz CT molecular complexity index is 1620. The number of nitrogens with two attached hydrogens (primary N) is 1. The molecule has 0 saturated heterocycles. The molecule has 4 aromatic rings. The number of carbonyl (C=O) groups excluding carboxylic acids is 2. The van der Waals surface area contributed by atoms with E-state index >= 15 is 0 Å². The Morgan fingerprint density at radius 3 is 2.28 bits per heavy atom. The number of carbonyl (C=O) groups is 2. The van der Waals surface area contributed by atoms with Gasteiger partial charge in [-0.1, -0.05) is 42.5 Å². The summed E-state index contributed by atoms with van der Waals surface area (Å²) in [5.41, 5.74) is 7.96. The van der Waals surface area contributed by atoms with Gasteiger partial charge in [-0.15, -0.1) is 0 Å². The highest BCUT2D eigenvalue weighted by atomic mass is 19.4. The van der Waals surface area contributed by atoms with Gasteiger partial charge in [0.2, 0.25) is 0 Å². The number of nitrogens with one attached hydrogen (secondary N) is 1. The summed E-state index contributed by atoms with van der Waals surface area (Å²) >= 11 is 0. The van der Waals surface area contributed by atoms with Crippen molar-refractivity contribution in [2.75, 3.05) is 26.4 Å². The lowest BCUT2D eigenvalue weighted by molar-refractivity contribution is -0.153. The lowest BCUT2D eigenvalue weighted by atomic mass is 9.85. The summed E-state index contributed by atoms with van der Waals surface area (Å²) in [4.78, 5) is 25.3. The minimum Gasteiger partial charge on any atom is -0.488 e. The molecule has 0 fully saturated rings. The van der Waals surface area contributed by atoms with Crippen molar-refractivity contribution in [1.29, 1.82) is 0 Å². The fourth-order valence-electron chi connectivity index (χ4n) is 5.20. The second kappa shape index (κ2) is 15.2. The van der Waals surface area contributed by atoms with E-state index in [0.717, 1.165) is 22.0 Å². The summed E-state index contributed by atoms with van der Waals surface area (Å²) < 4.78 is 55.7. The number of primary amides is 1. The van der Waals surface area contributed by atoms with Crippen LogP contribution in [0.4, 0.5) is 13.2 Å². The lowest BCUT2D eigenvalue weighted by Gasteiger charge is -2.23. The van der Waals surface area contributed by atoms with Crippen LogP contribution in [-0.2, 0) is 27.9 Å². The number of fused-ring (bicyclic) bond motifs is 1. The summed E-state index contributed by atoms with van der Waals surface area (Å²) in [6.45, 7) is 5.68. The topological polar surface area (TPSA) is 105 Å². The Labute approximate surface area is 266 Å². The number of rotatable bonds is 16. The van der Waals surface area contributed by atoms with Crippen molar-refractivity contribution in [3.63, 3.8) is 0 Å². The monoisotopic (exact) mass is 639 g/mol. The zero-order chi connectivity index (χ0) is 33.3. The van der Waals surface area contributed by atoms with Crippen molar-refractivity contribution in [3.05, 3.63) is 95.7 Å². The number of hydrogen-bond acceptors (Lipinski definition) is 6. The molecular formula is C35H40F3N3O5. The van der Waals surface area contributed by atoms with E-state index in [-0.39, 0.29) is 36.7 Å². The summed E-state index contributed by atoms with van der Waals surface area (Å²) in [5.74, 6) is -0.576. The van der Waals surface area contributed by atoms with E-state index in [9.17, 15) is 22.8 Å². The van der Waals surface area contributed by atoms with E-state index in [1.807, 2.05) is 74.0 Å². The molecule has 3 aromatic carbocycles. The third kappa shape index (κ3) is 9.26. The van der Waals surface area contributed by atoms with E-state index < -0.39 is 24.1 Å². The van der Waals surface area contributed by atoms with Crippen molar-refractivity contribution in [2.45, 2.75) is 57.8 Å². The average molecular weight is 640 g/mol. The maximum absolute atomic E-state index is 12.8. The molecule has 1 atom stereocenters. The number of aryl methyl sites for hydroxylation is 1. The Morgan fingerprint density at radius 1 is 0.935 bits per heavy atom. The van der Waals surface area contributed by atoms with Crippen molar-refractivity contribution in [3.8, 4) is 11.5 Å². The molecule has 0 saturated carbocycles. The molecule has 0 bridgehead atoms. The molecule has 0 aliphatic rings. The molecule has 1 aromatic heterocycles. The average Bonchev–Trinajstić information content (AvgIpc) is 3.42. The summed E-state index contributed by atoms with van der Waals surface area (Å²) in [7, 11) is 0. The molecule has 11 heteroatoms. The van der Waals surface area contributed by atoms with Crippen LogP contribution in [0.3, 0.4) is 0 Å². The SMILES string of the molecule is CC(Cc1cc(C(N)=O)c2c(ccn2CCCOC(=O)C(C)(C)c2ccccc2)c1)NCCOc1ccccc1OCC(F)(F)F. The minimum atomic E-state index is -4.44. The molecule has 3 N–H and O–H groups in total. The summed E-state index contributed by atoms with van der Waals surface area (Å²) in [6, 6.07) is 21.5. The van der Waals surface area contributed by atoms with Crippen molar-refractivity contribution >= 4 is 22.8 Å². The number of aromatic nitrogens is 1. The van der Waals surface area contributed by atoms with Crippen LogP contribution in [0, 0.1) is 0 Å². The largest absolute Gasteiger partial charge is 0.488 e. The van der Waals surface area contributed by atoms with Gasteiger partial charge >= 0.3 is 12.1 Å². The zero-order valence-corrected chi connectivity index (χ0v) is 26.2. The Balaban J connectivity index is 1.30. The first kappa shape index (κ1) is 34.4. The number of para-hydroxylation sites is 2. The molecule has 8 nitrogen and oxygen atoms in total. The van der Waals surface area contributed by atoms with Gasteiger partial charge in [0.15, 0.2) is 18.1 Å². The normalized spacial score (nSPS) is 12.6. The number of nitrogens with zero attached hydrogens (tertiary/aromatic N) is 1. The van der Waals surface area contributed by atoms with Crippen molar-refractivity contribution in [2.24, 2.45) is 5.73 Å². The summed E-state index contributed by atoms with van der Waals surface area (Å²) in [6.07, 6.45) is -1.39. The third-order valence-electron chi connectivity index (χ3n) is 7.60. The van der Waals surface area contributed by atoms with Crippen molar-refractivity contribution < 1.29 is 37.0 Å². The van der Waals surface area contributed by atoms with Gasteiger partial charge in [0, 0.05) is 30.7 Å². The van der Waals surface area contributed by atoms with Gasteiger partial charge in [-0.25, -0.2) is 0 Å². The van der Waals surface area contributed by atoms with Crippen LogP contribution in [-0.4, -0.2) is 55.0 Å². The second-order valence-corrected chi connectivity index (χ2v) is 11.7. The number of halogens is 3. The Kier molecular flexibility index (Phi) is 11.3. The molecule has 1 heterocycles. The predicted octanol–water partition coefficient (Wildman–Crippen LogP) is 6.19. The number of esters is 1. The van der Waals surface area contributed by atoms with E-state index in [2.05, 4.69) is 5.32 Å². The van der Waals surface area contributed by atoms with E-state index in [1.54, 1.807) is 24.3 Å². The van der Waals surface area contributed by atoms with Gasteiger partial charge < -0.3 is 29.8 Å². The number of amides is 1. The molecule has 0 aliphatic carbocycles. The predicted molar refractivity (Wildman–Crippen MR) is 170 cm³/mol. The smallest absolute Gasteiger partial charge is 0.422 e. The maximum Gasteiger partial charge on any atom is 0.422 e. The van der Waals surface area contributed by atoms with E-state index in [0.29, 0.717) is 31.5 Å². The molecule has 246 valence electrons. The highest BCUT2D eigenvalue weighted by molar-refractivity contribution is 6.05. The van der Waals surface area contributed by atoms with Gasteiger partial charge in [0.25, 0.3) is 5.91 Å². The first-order chi connectivity index (χ1) is 21.8. The quantitative estimate of drug-likeness (QED) is 0.112. The van der Waals surface area contributed by atoms with Crippen LogP contribution < -0.4 is 20.5 Å². The van der Waals surface area contributed by atoms with Gasteiger partial charge in [0.05, 0.1) is 23.1 Å². The van der Waals surface area contributed by atoms with Gasteiger partial charge in [0.1, 0.15) is 6.61 Å². The second-order valence-electron chi connectivity index (χ2n) is 11.7. The van der Waals surface area contributed by atoms with Gasteiger partial charge in [-0.3, -0.25) is 9.59 Å². The van der Waals surface area contributed by atoms with Crippen LogP contribution in [0.2, 0.25) is 0 Å². The van der Waals surface area contributed by atoms with Crippen LogP contribution in [0.5, 0.6) is 11.5 Å². The van der Waals surface area contributed by atoms with E-state index in [4.69, 9.17) is 19.9 Å². The highest BCUT2D eigenvalue weighted by Crippen LogP contribution is 2.29. The highest BCUT2D eigenvalue weighted by Gasteiger charge is 2.31. The first-order valence-electron chi connectivity index (χ1n) is 15.1. The standard InChI is InChI=1S/C35H40F3N3O5/c1-24(40-15-19-44-29-12-7-8-13-30(29)46-23-35(36,37)38)20-25-21-26-14-17-41(31(26)28(22-25)32(39)42)16-9-18-45-33(43)34(2,3)27-10-5-4-6-11-27/h4-8,10-14,17,21-22,24,40H,9,15-16,18-20,23H2,1-3H3,(H2,39,42). The van der Waals surface area contributed by atoms with Crippen LogP contribution in [0.25, 0.3) is 10.9 Å². The molecule has 0 aliphatic heterocycles. The molecule has 4 rings (SSSR count). The summed E-state index contributed by atoms with van der Waals surface area (Å²) in [5, 5.41) is 4.21.